The molecule has 2 unspecified atom stereocenters. The lowest BCUT2D eigenvalue weighted by molar-refractivity contribution is 0.474. The number of fused-ring (bicyclic) bond motifs is 3. The molecular weight excluding hydrogens is 338 g/mol. The van der Waals surface area contributed by atoms with Crippen LogP contribution in [-0.2, 0) is 19.4 Å². The van der Waals surface area contributed by atoms with Crippen molar-refractivity contribution in [3.63, 3.8) is 0 Å². The standard InChI is InChI=1S/C18H23N3OS2/c1-10(2)9-21-17(22)15-13-6-5-11(3)7-14(13)24-16(15)20-18(21)23-12(4)8-19/h10-12H,5-7,9H2,1-4H3. The summed E-state index contributed by atoms with van der Waals surface area (Å²) in [5.74, 6) is 1.03. The van der Waals surface area contributed by atoms with Crippen LogP contribution in [0.15, 0.2) is 9.95 Å². The van der Waals surface area contributed by atoms with Crippen LogP contribution in [0.2, 0.25) is 0 Å². The third-order valence-electron chi connectivity index (χ3n) is 4.39. The van der Waals surface area contributed by atoms with Crippen molar-refractivity contribution in [2.75, 3.05) is 0 Å². The van der Waals surface area contributed by atoms with Gasteiger partial charge >= 0.3 is 0 Å². The molecule has 0 N–H and O–H groups in total. The Hall–Kier alpha value is -1.32. The van der Waals surface area contributed by atoms with E-state index in [1.165, 1.54) is 22.2 Å². The second kappa shape index (κ2) is 6.89. The zero-order valence-corrected chi connectivity index (χ0v) is 16.3. The molecule has 1 aliphatic carbocycles. The fraction of sp³-hybridized carbons (Fsp3) is 0.611. The summed E-state index contributed by atoms with van der Waals surface area (Å²) in [5.41, 5.74) is 1.31. The average Bonchev–Trinajstić information content (AvgIpc) is 2.87. The number of aryl methyl sites for hydroxylation is 1. The van der Waals surface area contributed by atoms with Crippen LogP contribution in [0, 0.1) is 23.2 Å². The molecule has 128 valence electrons. The van der Waals surface area contributed by atoms with Crippen LogP contribution >= 0.6 is 23.1 Å². The zero-order valence-electron chi connectivity index (χ0n) is 14.6. The Morgan fingerprint density at radius 1 is 1.46 bits per heavy atom. The van der Waals surface area contributed by atoms with Crippen LogP contribution in [0.1, 0.15) is 44.6 Å². The Labute approximate surface area is 150 Å². The fourth-order valence-electron chi connectivity index (χ4n) is 3.21. The van der Waals surface area contributed by atoms with Crippen molar-refractivity contribution in [1.29, 1.82) is 5.26 Å². The maximum atomic E-state index is 13.2. The van der Waals surface area contributed by atoms with Crippen LogP contribution in [0.4, 0.5) is 0 Å². The van der Waals surface area contributed by atoms with E-state index in [9.17, 15) is 4.79 Å². The first-order valence-corrected chi connectivity index (χ1v) is 10.2. The van der Waals surface area contributed by atoms with Gasteiger partial charge in [0, 0.05) is 11.4 Å². The maximum absolute atomic E-state index is 13.2. The Balaban J connectivity index is 2.20. The van der Waals surface area contributed by atoms with Crippen LogP contribution < -0.4 is 5.56 Å². The van der Waals surface area contributed by atoms with E-state index in [1.54, 1.807) is 15.9 Å². The van der Waals surface area contributed by atoms with Gasteiger partial charge in [-0.3, -0.25) is 9.36 Å². The quantitative estimate of drug-likeness (QED) is 0.603. The Morgan fingerprint density at radius 2 is 2.21 bits per heavy atom. The van der Waals surface area contributed by atoms with E-state index < -0.39 is 0 Å². The molecule has 1 aliphatic rings. The number of aromatic nitrogens is 2. The number of rotatable bonds is 4. The van der Waals surface area contributed by atoms with E-state index in [2.05, 4.69) is 26.8 Å². The van der Waals surface area contributed by atoms with E-state index in [-0.39, 0.29) is 10.8 Å². The van der Waals surface area contributed by atoms with Crippen molar-refractivity contribution in [2.45, 2.75) is 63.9 Å². The number of nitriles is 1. The van der Waals surface area contributed by atoms with Gasteiger partial charge in [0.25, 0.3) is 5.56 Å². The van der Waals surface area contributed by atoms with E-state index in [0.29, 0.717) is 23.5 Å². The van der Waals surface area contributed by atoms with Gasteiger partial charge in [-0.2, -0.15) is 5.26 Å². The highest BCUT2D eigenvalue weighted by Crippen LogP contribution is 2.36. The van der Waals surface area contributed by atoms with E-state index in [0.717, 1.165) is 29.5 Å². The SMILES string of the molecule is CC(C)Cn1c(SC(C)C#N)nc2sc3c(c2c1=O)CCC(C)C3. The summed E-state index contributed by atoms with van der Waals surface area (Å²) in [7, 11) is 0. The van der Waals surface area contributed by atoms with Gasteiger partial charge in [-0.25, -0.2) is 4.98 Å². The van der Waals surface area contributed by atoms with Gasteiger partial charge in [-0.1, -0.05) is 32.5 Å². The topological polar surface area (TPSA) is 58.7 Å². The summed E-state index contributed by atoms with van der Waals surface area (Å²) in [6.07, 6.45) is 3.18. The number of hydrogen-bond donors (Lipinski definition) is 0. The predicted molar refractivity (Wildman–Crippen MR) is 101 cm³/mol. The summed E-state index contributed by atoms with van der Waals surface area (Å²) in [6, 6.07) is 2.23. The highest BCUT2D eigenvalue weighted by molar-refractivity contribution is 8.00. The first-order valence-electron chi connectivity index (χ1n) is 8.52. The van der Waals surface area contributed by atoms with Crippen molar-refractivity contribution in [3.05, 3.63) is 20.8 Å². The molecule has 0 aliphatic heterocycles. The maximum Gasteiger partial charge on any atom is 0.263 e. The van der Waals surface area contributed by atoms with Crippen molar-refractivity contribution in [1.82, 2.24) is 9.55 Å². The summed E-state index contributed by atoms with van der Waals surface area (Å²) in [4.78, 5) is 20.2. The molecule has 0 fully saturated rings. The number of hydrogen-bond acceptors (Lipinski definition) is 5. The number of thiophene rings is 1. The predicted octanol–water partition coefficient (Wildman–Crippen LogP) is 4.24. The molecule has 0 saturated heterocycles. The molecule has 0 spiro atoms. The molecule has 3 rings (SSSR count). The molecule has 0 bridgehead atoms. The first kappa shape index (κ1) is 17.5. The molecule has 2 aromatic rings. The minimum absolute atomic E-state index is 0.0772. The minimum Gasteiger partial charge on any atom is -0.287 e. The molecule has 2 aromatic heterocycles. The Bertz CT molecular complexity index is 860. The van der Waals surface area contributed by atoms with Gasteiger partial charge < -0.3 is 0 Å². The molecule has 2 heterocycles. The van der Waals surface area contributed by atoms with Crippen LogP contribution in [0.3, 0.4) is 0 Å². The molecule has 0 amide bonds. The lowest BCUT2D eigenvalue weighted by Gasteiger charge is -2.18. The van der Waals surface area contributed by atoms with Crippen LogP contribution in [0.5, 0.6) is 0 Å². The molecule has 6 heteroatoms. The molecule has 2 atom stereocenters. The Morgan fingerprint density at radius 3 is 2.88 bits per heavy atom. The minimum atomic E-state index is -0.220. The van der Waals surface area contributed by atoms with Crippen molar-refractivity contribution >= 4 is 33.3 Å². The van der Waals surface area contributed by atoms with Crippen LogP contribution in [0.25, 0.3) is 10.2 Å². The number of thioether (sulfide) groups is 1. The van der Waals surface area contributed by atoms with Gasteiger partial charge in [0.05, 0.1) is 16.7 Å². The van der Waals surface area contributed by atoms with E-state index in [1.807, 2.05) is 6.92 Å². The summed E-state index contributed by atoms with van der Waals surface area (Å²) in [5, 5.41) is 10.4. The molecule has 0 aromatic carbocycles. The monoisotopic (exact) mass is 361 g/mol. The highest BCUT2D eigenvalue weighted by atomic mass is 32.2. The number of nitrogens with zero attached hydrogens (tertiary/aromatic N) is 3. The summed E-state index contributed by atoms with van der Waals surface area (Å²) in [6.45, 7) is 8.96. The largest absolute Gasteiger partial charge is 0.287 e. The molecule has 24 heavy (non-hydrogen) atoms. The highest BCUT2D eigenvalue weighted by Gasteiger charge is 2.25. The second-order valence-corrected chi connectivity index (χ2v) is 9.52. The summed E-state index contributed by atoms with van der Waals surface area (Å²) >= 11 is 3.06. The van der Waals surface area contributed by atoms with Crippen molar-refractivity contribution in [2.24, 2.45) is 11.8 Å². The molecular formula is C18H23N3OS2. The summed E-state index contributed by atoms with van der Waals surface area (Å²) < 4.78 is 1.79. The van der Waals surface area contributed by atoms with Crippen LogP contribution in [-0.4, -0.2) is 14.8 Å². The first-order chi connectivity index (χ1) is 11.4. The van der Waals surface area contributed by atoms with Crippen molar-refractivity contribution in [3.8, 4) is 6.07 Å². The van der Waals surface area contributed by atoms with Gasteiger partial charge in [0.15, 0.2) is 5.16 Å². The fourth-order valence-corrected chi connectivity index (χ4v) is 5.43. The molecule has 0 radical (unpaired) electrons. The van der Waals surface area contributed by atoms with Crippen molar-refractivity contribution < 1.29 is 0 Å². The Kier molecular flexibility index (Phi) is 5.03. The van der Waals surface area contributed by atoms with Gasteiger partial charge in [0.1, 0.15) is 4.83 Å². The molecule has 4 nitrogen and oxygen atoms in total. The second-order valence-electron chi connectivity index (χ2n) is 7.13. The normalized spacial score (nSPS) is 18.6. The van der Waals surface area contributed by atoms with E-state index >= 15 is 0 Å². The van der Waals surface area contributed by atoms with Gasteiger partial charge in [-0.15, -0.1) is 11.3 Å². The zero-order chi connectivity index (χ0) is 17.4. The molecule has 0 saturated carbocycles. The lowest BCUT2D eigenvalue weighted by Crippen LogP contribution is -2.26. The average molecular weight is 362 g/mol. The van der Waals surface area contributed by atoms with Gasteiger partial charge in [0.2, 0.25) is 0 Å². The smallest absolute Gasteiger partial charge is 0.263 e. The third kappa shape index (κ3) is 3.25. The third-order valence-corrected chi connectivity index (χ3v) is 6.52. The van der Waals surface area contributed by atoms with Gasteiger partial charge in [-0.05, 0) is 43.6 Å². The van der Waals surface area contributed by atoms with E-state index in [4.69, 9.17) is 10.2 Å². The lowest BCUT2D eigenvalue weighted by atomic mass is 9.89.